The second-order valence-electron chi connectivity index (χ2n) is 2.85. The van der Waals surface area contributed by atoms with Crippen molar-refractivity contribution < 1.29 is 0 Å². The summed E-state index contributed by atoms with van der Waals surface area (Å²) in [6.45, 7) is 7.97. The molecule has 1 N–H and O–H groups in total. The molecule has 0 bridgehead atoms. The zero-order valence-corrected chi connectivity index (χ0v) is 6.35. The number of hydrogen-bond donors (Lipinski definition) is 1. The molecule has 0 aromatic carbocycles. The van der Waals surface area contributed by atoms with E-state index < -0.39 is 0 Å². The van der Waals surface area contributed by atoms with Crippen molar-refractivity contribution in [3.05, 3.63) is 0 Å². The van der Waals surface area contributed by atoms with E-state index in [1.165, 1.54) is 19.5 Å². The maximum atomic E-state index is 3.31. The summed E-state index contributed by atoms with van der Waals surface area (Å²) >= 11 is 0. The van der Waals surface area contributed by atoms with Crippen molar-refractivity contribution in [1.29, 1.82) is 0 Å². The number of hydrazine groups is 1. The topological polar surface area (TPSA) is 15.3 Å². The van der Waals surface area contributed by atoms with Gasteiger partial charge in [0.2, 0.25) is 0 Å². The quantitative estimate of drug-likeness (QED) is 0.593. The standard InChI is InChI=1S/C7H16N2/c1-3-8-9-5-4-7(2)6-9/h7-8H,3-6H2,1-2H3. The Balaban J connectivity index is 2.14. The highest BCUT2D eigenvalue weighted by molar-refractivity contribution is 4.68. The summed E-state index contributed by atoms with van der Waals surface area (Å²) in [7, 11) is 0. The van der Waals surface area contributed by atoms with Crippen LogP contribution in [0.15, 0.2) is 0 Å². The van der Waals surface area contributed by atoms with Gasteiger partial charge >= 0.3 is 0 Å². The third-order valence-electron chi connectivity index (χ3n) is 1.81. The van der Waals surface area contributed by atoms with E-state index >= 15 is 0 Å². The lowest BCUT2D eigenvalue weighted by Gasteiger charge is -2.14. The van der Waals surface area contributed by atoms with Gasteiger partial charge in [0.15, 0.2) is 0 Å². The van der Waals surface area contributed by atoms with Crippen LogP contribution in [0.5, 0.6) is 0 Å². The average Bonchev–Trinajstić information content (AvgIpc) is 2.17. The molecule has 1 saturated heterocycles. The molecule has 1 atom stereocenters. The van der Waals surface area contributed by atoms with Crippen LogP contribution < -0.4 is 5.43 Å². The van der Waals surface area contributed by atoms with Gasteiger partial charge in [0.05, 0.1) is 0 Å². The molecule has 0 amide bonds. The van der Waals surface area contributed by atoms with Crippen molar-refractivity contribution in [2.75, 3.05) is 19.6 Å². The molecule has 0 spiro atoms. The lowest BCUT2D eigenvalue weighted by molar-refractivity contribution is 0.235. The number of hydrogen-bond acceptors (Lipinski definition) is 2. The van der Waals surface area contributed by atoms with E-state index in [1.807, 2.05) is 0 Å². The van der Waals surface area contributed by atoms with Crippen LogP contribution in [-0.4, -0.2) is 24.6 Å². The molecule has 2 nitrogen and oxygen atoms in total. The highest BCUT2D eigenvalue weighted by atomic mass is 15.5. The van der Waals surface area contributed by atoms with Crippen molar-refractivity contribution >= 4 is 0 Å². The van der Waals surface area contributed by atoms with Crippen molar-refractivity contribution in [1.82, 2.24) is 10.4 Å². The Bertz CT molecular complexity index is 81.0. The van der Waals surface area contributed by atoms with E-state index in [1.54, 1.807) is 0 Å². The first kappa shape index (κ1) is 7.03. The molecule has 0 aliphatic carbocycles. The molecule has 1 fully saturated rings. The van der Waals surface area contributed by atoms with Crippen LogP contribution in [0.4, 0.5) is 0 Å². The minimum absolute atomic E-state index is 0.893. The third kappa shape index (κ3) is 1.95. The second-order valence-corrected chi connectivity index (χ2v) is 2.85. The summed E-state index contributed by atoms with van der Waals surface area (Å²) in [5.74, 6) is 0.893. The molecule has 2 heteroatoms. The van der Waals surface area contributed by atoms with E-state index in [4.69, 9.17) is 0 Å². The van der Waals surface area contributed by atoms with Gasteiger partial charge in [-0.3, -0.25) is 5.43 Å². The van der Waals surface area contributed by atoms with Crippen LogP contribution in [0, 0.1) is 5.92 Å². The second kappa shape index (κ2) is 3.18. The number of nitrogens with zero attached hydrogens (tertiary/aromatic N) is 1. The summed E-state index contributed by atoms with van der Waals surface area (Å²) in [4.78, 5) is 0. The fraction of sp³-hybridized carbons (Fsp3) is 1.00. The summed E-state index contributed by atoms with van der Waals surface area (Å²) in [6, 6.07) is 0. The van der Waals surface area contributed by atoms with Gasteiger partial charge in [0, 0.05) is 19.6 Å². The molecule has 1 aliphatic heterocycles. The molecule has 54 valence electrons. The first-order valence-electron chi connectivity index (χ1n) is 3.81. The molecule has 1 aliphatic rings. The van der Waals surface area contributed by atoms with E-state index in [-0.39, 0.29) is 0 Å². The first-order valence-corrected chi connectivity index (χ1v) is 3.81. The molecule has 1 rings (SSSR count). The van der Waals surface area contributed by atoms with Crippen LogP contribution >= 0.6 is 0 Å². The Morgan fingerprint density at radius 2 is 2.44 bits per heavy atom. The van der Waals surface area contributed by atoms with Crippen molar-refractivity contribution in [2.45, 2.75) is 20.3 Å². The summed E-state index contributed by atoms with van der Waals surface area (Å²) in [5.41, 5.74) is 3.31. The average molecular weight is 128 g/mol. The lowest BCUT2D eigenvalue weighted by Crippen LogP contribution is -2.35. The highest BCUT2D eigenvalue weighted by Gasteiger charge is 2.16. The SMILES string of the molecule is CCNN1CCC(C)C1. The fourth-order valence-electron chi connectivity index (χ4n) is 1.30. The minimum Gasteiger partial charge on any atom is -0.255 e. The van der Waals surface area contributed by atoms with Gasteiger partial charge in [-0.25, -0.2) is 5.01 Å². The normalized spacial score (nSPS) is 29.3. The Kier molecular flexibility index (Phi) is 2.49. The molecular weight excluding hydrogens is 112 g/mol. The van der Waals surface area contributed by atoms with Gasteiger partial charge in [-0.05, 0) is 12.3 Å². The van der Waals surface area contributed by atoms with Gasteiger partial charge in [0.25, 0.3) is 0 Å². The molecule has 9 heavy (non-hydrogen) atoms. The molecule has 1 heterocycles. The molecule has 1 unspecified atom stereocenters. The van der Waals surface area contributed by atoms with Crippen LogP contribution in [0.2, 0.25) is 0 Å². The molecule has 0 aromatic heterocycles. The van der Waals surface area contributed by atoms with Crippen molar-refractivity contribution in [3.63, 3.8) is 0 Å². The predicted octanol–water partition coefficient (Wildman–Crippen LogP) is 0.853. The largest absolute Gasteiger partial charge is 0.255 e. The van der Waals surface area contributed by atoms with Crippen LogP contribution in [-0.2, 0) is 0 Å². The van der Waals surface area contributed by atoms with Gasteiger partial charge in [0.1, 0.15) is 0 Å². The zero-order chi connectivity index (χ0) is 6.69. The maximum absolute atomic E-state index is 3.31. The summed E-state index contributed by atoms with van der Waals surface area (Å²) in [5, 5.41) is 2.31. The smallest absolute Gasteiger partial charge is 0.0157 e. The zero-order valence-electron chi connectivity index (χ0n) is 6.35. The van der Waals surface area contributed by atoms with Crippen LogP contribution in [0.1, 0.15) is 20.3 Å². The van der Waals surface area contributed by atoms with Crippen LogP contribution in [0.3, 0.4) is 0 Å². The van der Waals surface area contributed by atoms with E-state index in [2.05, 4.69) is 24.3 Å². The lowest BCUT2D eigenvalue weighted by atomic mass is 10.2. The molecule has 0 radical (unpaired) electrons. The Morgan fingerprint density at radius 3 is 2.89 bits per heavy atom. The Hall–Kier alpha value is -0.0800. The van der Waals surface area contributed by atoms with E-state index in [0.717, 1.165) is 12.5 Å². The first-order chi connectivity index (χ1) is 4.33. The summed E-state index contributed by atoms with van der Waals surface area (Å²) < 4.78 is 0. The molecule has 0 aromatic rings. The third-order valence-corrected chi connectivity index (χ3v) is 1.81. The van der Waals surface area contributed by atoms with Gasteiger partial charge in [-0.1, -0.05) is 13.8 Å². The highest BCUT2D eigenvalue weighted by Crippen LogP contribution is 2.11. The molecule has 0 saturated carbocycles. The van der Waals surface area contributed by atoms with Gasteiger partial charge in [-0.2, -0.15) is 0 Å². The number of rotatable bonds is 2. The monoisotopic (exact) mass is 128 g/mol. The van der Waals surface area contributed by atoms with Crippen LogP contribution in [0.25, 0.3) is 0 Å². The summed E-state index contributed by atoms with van der Waals surface area (Å²) in [6.07, 6.45) is 1.35. The maximum Gasteiger partial charge on any atom is 0.0157 e. The Morgan fingerprint density at radius 1 is 1.67 bits per heavy atom. The predicted molar refractivity (Wildman–Crippen MR) is 39.0 cm³/mol. The van der Waals surface area contributed by atoms with E-state index in [0.29, 0.717) is 0 Å². The number of nitrogens with one attached hydrogen (secondary N) is 1. The van der Waals surface area contributed by atoms with Gasteiger partial charge in [-0.15, -0.1) is 0 Å². The Labute approximate surface area is 57.2 Å². The van der Waals surface area contributed by atoms with Crippen molar-refractivity contribution in [2.24, 2.45) is 5.92 Å². The van der Waals surface area contributed by atoms with E-state index in [9.17, 15) is 0 Å². The minimum atomic E-state index is 0.893. The van der Waals surface area contributed by atoms with Gasteiger partial charge < -0.3 is 0 Å². The van der Waals surface area contributed by atoms with Crippen molar-refractivity contribution in [3.8, 4) is 0 Å². The molecular formula is C7H16N2. The fourth-order valence-corrected chi connectivity index (χ4v) is 1.30.